The molecule has 0 aromatic heterocycles. The molecule has 22 heavy (non-hydrogen) atoms. The number of nitriles is 1. The van der Waals surface area contributed by atoms with Crippen molar-refractivity contribution in [1.29, 1.82) is 5.26 Å². The Kier molecular flexibility index (Phi) is 8.59. The van der Waals surface area contributed by atoms with Gasteiger partial charge in [-0.1, -0.05) is 69.4 Å². The van der Waals surface area contributed by atoms with E-state index in [-0.39, 0.29) is 6.61 Å². The fourth-order valence-electron chi connectivity index (χ4n) is 2.17. The SMILES string of the molecule is CCCCCCCCOC(=O)C(=O)[C@@H](C#N)c1ccccc1. The lowest BCUT2D eigenvalue weighted by Crippen LogP contribution is -2.24. The van der Waals surface area contributed by atoms with Crippen LogP contribution in [0.15, 0.2) is 30.3 Å². The number of esters is 1. The third kappa shape index (κ3) is 6.09. The van der Waals surface area contributed by atoms with Gasteiger partial charge in [-0.2, -0.15) is 5.26 Å². The first-order valence-electron chi connectivity index (χ1n) is 7.86. The maximum Gasteiger partial charge on any atom is 0.376 e. The van der Waals surface area contributed by atoms with Crippen molar-refractivity contribution in [2.45, 2.75) is 51.4 Å². The molecule has 0 fully saturated rings. The second-order valence-electron chi connectivity index (χ2n) is 5.24. The first-order valence-corrected chi connectivity index (χ1v) is 7.86. The molecular weight excluding hydrogens is 278 g/mol. The van der Waals surface area contributed by atoms with Crippen LogP contribution < -0.4 is 0 Å². The van der Waals surface area contributed by atoms with Gasteiger partial charge in [0, 0.05) is 0 Å². The van der Waals surface area contributed by atoms with E-state index < -0.39 is 17.7 Å². The van der Waals surface area contributed by atoms with Crippen LogP contribution in [0, 0.1) is 11.3 Å². The minimum absolute atomic E-state index is 0.240. The van der Waals surface area contributed by atoms with Gasteiger partial charge in [-0.15, -0.1) is 0 Å². The normalized spacial score (nSPS) is 11.5. The van der Waals surface area contributed by atoms with Crippen molar-refractivity contribution < 1.29 is 14.3 Å². The van der Waals surface area contributed by atoms with Crippen LogP contribution in [0.4, 0.5) is 0 Å². The summed E-state index contributed by atoms with van der Waals surface area (Å²) in [5.41, 5.74) is 0.520. The molecule has 0 unspecified atom stereocenters. The Morgan fingerprint density at radius 3 is 2.36 bits per heavy atom. The second kappa shape index (κ2) is 10.6. The minimum Gasteiger partial charge on any atom is -0.460 e. The highest BCUT2D eigenvalue weighted by Crippen LogP contribution is 2.16. The number of unbranched alkanes of at least 4 members (excludes halogenated alkanes) is 5. The van der Waals surface area contributed by atoms with E-state index in [4.69, 9.17) is 10.00 Å². The first kappa shape index (κ1) is 17.9. The quantitative estimate of drug-likeness (QED) is 0.375. The molecule has 4 heteroatoms. The van der Waals surface area contributed by atoms with Crippen molar-refractivity contribution in [2.24, 2.45) is 0 Å². The van der Waals surface area contributed by atoms with Crippen molar-refractivity contribution in [3.63, 3.8) is 0 Å². The fourth-order valence-corrected chi connectivity index (χ4v) is 2.17. The highest BCUT2D eigenvalue weighted by atomic mass is 16.5. The number of carbonyl (C=O) groups excluding carboxylic acids is 2. The minimum atomic E-state index is -1.08. The molecule has 1 aromatic rings. The van der Waals surface area contributed by atoms with E-state index in [1.165, 1.54) is 19.3 Å². The summed E-state index contributed by atoms with van der Waals surface area (Å²) >= 11 is 0. The zero-order valence-electron chi connectivity index (χ0n) is 13.1. The monoisotopic (exact) mass is 301 g/mol. The Morgan fingerprint density at radius 2 is 1.73 bits per heavy atom. The number of hydrogen-bond donors (Lipinski definition) is 0. The van der Waals surface area contributed by atoms with E-state index in [1.807, 2.05) is 6.07 Å². The molecule has 118 valence electrons. The molecule has 0 aliphatic rings. The molecule has 0 spiro atoms. The van der Waals surface area contributed by atoms with E-state index in [0.29, 0.717) is 5.56 Å². The van der Waals surface area contributed by atoms with Gasteiger partial charge in [-0.25, -0.2) is 4.79 Å². The van der Waals surface area contributed by atoms with Crippen LogP contribution in [0.2, 0.25) is 0 Å². The molecule has 1 rings (SSSR count). The number of ketones is 1. The molecule has 1 atom stereocenters. The molecule has 4 nitrogen and oxygen atoms in total. The van der Waals surface area contributed by atoms with Gasteiger partial charge in [0.05, 0.1) is 12.7 Å². The van der Waals surface area contributed by atoms with E-state index >= 15 is 0 Å². The lowest BCUT2D eigenvalue weighted by Gasteiger charge is -2.08. The summed E-state index contributed by atoms with van der Waals surface area (Å²) in [6, 6.07) is 10.4. The topological polar surface area (TPSA) is 67.2 Å². The Morgan fingerprint density at radius 1 is 1.09 bits per heavy atom. The van der Waals surface area contributed by atoms with Crippen molar-refractivity contribution in [2.75, 3.05) is 6.61 Å². The Hall–Kier alpha value is -2.15. The molecule has 0 heterocycles. The van der Waals surface area contributed by atoms with Crippen molar-refractivity contribution in [3.05, 3.63) is 35.9 Å². The lowest BCUT2D eigenvalue weighted by molar-refractivity contribution is -0.154. The van der Waals surface area contributed by atoms with Crippen LogP contribution in [0.25, 0.3) is 0 Å². The van der Waals surface area contributed by atoms with Gasteiger partial charge >= 0.3 is 5.97 Å². The number of ether oxygens (including phenoxy) is 1. The predicted molar refractivity (Wildman–Crippen MR) is 84.1 cm³/mol. The van der Waals surface area contributed by atoms with Crippen LogP contribution >= 0.6 is 0 Å². The van der Waals surface area contributed by atoms with Gasteiger partial charge in [-0.3, -0.25) is 4.79 Å². The number of rotatable bonds is 10. The Bertz CT molecular complexity index is 505. The van der Waals surface area contributed by atoms with Gasteiger partial charge in [0.2, 0.25) is 0 Å². The standard InChI is InChI=1S/C18H23NO3/c1-2-3-4-5-6-10-13-22-18(21)17(20)16(14-19)15-11-8-7-9-12-15/h7-9,11-12,16H,2-6,10,13H2,1H3/t16-/m0/s1. The first-order chi connectivity index (χ1) is 10.7. The summed E-state index contributed by atoms with van der Waals surface area (Å²) in [4.78, 5) is 23.7. The molecule has 1 aromatic carbocycles. The zero-order chi connectivity index (χ0) is 16.2. The predicted octanol–water partition coefficient (Wildman–Crippen LogP) is 3.77. The van der Waals surface area contributed by atoms with Gasteiger partial charge in [0.25, 0.3) is 5.78 Å². The summed E-state index contributed by atoms with van der Waals surface area (Å²) < 4.78 is 4.98. The largest absolute Gasteiger partial charge is 0.460 e. The highest BCUT2D eigenvalue weighted by Gasteiger charge is 2.27. The van der Waals surface area contributed by atoms with Gasteiger partial charge in [0.15, 0.2) is 0 Å². The molecule has 0 bridgehead atoms. The Labute approximate surface area is 132 Å². The molecular formula is C18H23NO3. The van der Waals surface area contributed by atoms with Crippen molar-refractivity contribution >= 4 is 11.8 Å². The van der Waals surface area contributed by atoms with Crippen LogP contribution in [0.1, 0.15) is 56.9 Å². The van der Waals surface area contributed by atoms with E-state index in [1.54, 1.807) is 30.3 Å². The third-order valence-electron chi connectivity index (χ3n) is 3.46. The molecule has 0 aliphatic heterocycles. The number of Topliss-reactive ketones (excluding diaryl/α,β-unsaturated/α-hetero) is 1. The van der Waals surface area contributed by atoms with Crippen LogP contribution in [-0.4, -0.2) is 18.4 Å². The molecule has 0 saturated carbocycles. The number of hydrogen-bond acceptors (Lipinski definition) is 4. The maximum atomic E-state index is 12.0. The summed E-state index contributed by atoms with van der Waals surface area (Å²) in [6.45, 7) is 2.40. The Balaban J connectivity index is 2.35. The molecule has 0 aliphatic carbocycles. The van der Waals surface area contributed by atoms with Gasteiger partial charge in [0.1, 0.15) is 5.92 Å². The smallest absolute Gasteiger partial charge is 0.376 e. The van der Waals surface area contributed by atoms with Crippen molar-refractivity contribution in [1.82, 2.24) is 0 Å². The molecule has 0 saturated heterocycles. The van der Waals surface area contributed by atoms with E-state index in [0.717, 1.165) is 19.3 Å². The van der Waals surface area contributed by atoms with Gasteiger partial charge in [-0.05, 0) is 12.0 Å². The number of benzene rings is 1. The lowest BCUT2D eigenvalue weighted by atomic mass is 9.96. The summed E-state index contributed by atoms with van der Waals surface area (Å²) in [6.07, 6.45) is 6.46. The summed E-state index contributed by atoms with van der Waals surface area (Å²) in [7, 11) is 0. The number of nitrogens with zero attached hydrogens (tertiary/aromatic N) is 1. The maximum absolute atomic E-state index is 12.0. The third-order valence-corrected chi connectivity index (χ3v) is 3.46. The molecule has 0 N–H and O–H groups in total. The second-order valence-corrected chi connectivity index (χ2v) is 5.24. The fraction of sp³-hybridized carbons (Fsp3) is 0.500. The van der Waals surface area contributed by atoms with E-state index in [2.05, 4.69) is 6.92 Å². The summed E-state index contributed by atoms with van der Waals surface area (Å²) in [5.74, 6) is -2.79. The average molecular weight is 301 g/mol. The van der Waals surface area contributed by atoms with E-state index in [9.17, 15) is 9.59 Å². The van der Waals surface area contributed by atoms with Crippen molar-refractivity contribution in [3.8, 4) is 6.07 Å². The summed E-state index contributed by atoms with van der Waals surface area (Å²) in [5, 5.41) is 9.11. The average Bonchev–Trinajstić information content (AvgIpc) is 2.55. The zero-order valence-corrected chi connectivity index (χ0v) is 13.1. The van der Waals surface area contributed by atoms with Crippen LogP contribution in [0.5, 0.6) is 0 Å². The molecule has 0 amide bonds. The molecule has 0 radical (unpaired) electrons. The highest BCUT2D eigenvalue weighted by molar-refractivity contribution is 6.36. The number of carbonyl (C=O) groups is 2. The van der Waals surface area contributed by atoms with Crippen LogP contribution in [0.3, 0.4) is 0 Å². The van der Waals surface area contributed by atoms with Crippen LogP contribution in [-0.2, 0) is 14.3 Å². The van der Waals surface area contributed by atoms with Gasteiger partial charge < -0.3 is 4.74 Å².